The van der Waals surface area contributed by atoms with Crippen LogP contribution in [0.2, 0.25) is 0 Å². The van der Waals surface area contributed by atoms with E-state index in [9.17, 15) is 4.79 Å². The number of carbonyl (C=O) groups excluding carboxylic acids is 1. The Labute approximate surface area is 162 Å². The van der Waals surface area contributed by atoms with Gasteiger partial charge in [-0.15, -0.1) is 0 Å². The Morgan fingerprint density at radius 3 is 2.39 bits per heavy atom. The van der Waals surface area contributed by atoms with Crippen LogP contribution >= 0.6 is 0 Å². The fourth-order valence-electron chi connectivity index (χ4n) is 2.69. The summed E-state index contributed by atoms with van der Waals surface area (Å²) in [6.07, 6.45) is 6.78. The van der Waals surface area contributed by atoms with Crippen LogP contribution in [0.1, 0.15) is 15.9 Å². The minimum Gasteiger partial charge on any atom is -0.324 e. The molecule has 0 bridgehead atoms. The van der Waals surface area contributed by atoms with Gasteiger partial charge in [0.2, 0.25) is 5.95 Å². The molecule has 0 spiro atoms. The highest BCUT2D eigenvalue weighted by Crippen LogP contribution is 2.15. The van der Waals surface area contributed by atoms with Crippen molar-refractivity contribution in [1.82, 2.24) is 19.7 Å². The Balaban J connectivity index is 1.37. The highest BCUT2D eigenvalue weighted by Gasteiger charge is 2.08. The van der Waals surface area contributed by atoms with E-state index in [0.29, 0.717) is 23.7 Å². The van der Waals surface area contributed by atoms with Crippen LogP contribution in [0, 0.1) is 0 Å². The first-order valence-corrected chi connectivity index (χ1v) is 8.78. The Bertz CT molecular complexity index is 1050. The lowest BCUT2D eigenvalue weighted by molar-refractivity contribution is 0.102. The summed E-state index contributed by atoms with van der Waals surface area (Å²) in [7, 11) is 0. The van der Waals surface area contributed by atoms with Gasteiger partial charge in [0.05, 0.1) is 18.4 Å². The van der Waals surface area contributed by atoms with E-state index in [4.69, 9.17) is 0 Å². The quantitative estimate of drug-likeness (QED) is 0.540. The minimum atomic E-state index is -0.193. The molecule has 138 valence electrons. The fraction of sp³-hybridized carbons (Fsp3) is 0.0476. The van der Waals surface area contributed by atoms with Crippen molar-refractivity contribution in [1.29, 1.82) is 0 Å². The van der Waals surface area contributed by atoms with E-state index in [1.165, 1.54) is 0 Å². The number of nitrogens with zero attached hydrogens (tertiary/aromatic N) is 4. The van der Waals surface area contributed by atoms with Crippen LogP contribution in [0.5, 0.6) is 0 Å². The third-order valence-corrected chi connectivity index (χ3v) is 4.05. The van der Waals surface area contributed by atoms with Crippen LogP contribution in [0.25, 0.3) is 0 Å². The van der Waals surface area contributed by atoms with Gasteiger partial charge in [-0.3, -0.25) is 9.48 Å². The van der Waals surface area contributed by atoms with E-state index in [1.54, 1.807) is 41.5 Å². The molecule has 0 aliphatic carbocycles. The molecule has 4 aromatic rings. The zero-order chi connectivity index (χ0) is 19.2. The average Bonchev–Trinajstić information content (AvgIpc) is 3.17. The maximum atomic E-state index is 12.5. The molecule has 2 aromatic heterocycles. The van der Waals surface area contributed by atoms with E-state index in [0.717, 1.165) is 11.3 Å². The van der Waals surface area contributed by atoms with Crippen LogP contribution in [-0.2, 0) is 6.54 Å². The summed E-state index contributed by atoms with van der Waals surface area (Å²) in [5, 5.41) is 10.2. The second-order valence-corrected chi connectivity index (χ2v) is 6.14. The highest BCUT2D eigenvalue weighted by atomic mass is 16.1. The van der Waals surface area contributed by atoms with Gasteiger partial charge < -0.3 is 10.6 Å². The molecule has 0 aliphatic rings. The third-order valence-electron chi connectivity index (χ3n) is 4.05. The van der Waals surface area contributed by atoms with E-state index >= 15 is 0 Å². The van der Waals surface area contributed by atoms with Gasteiger partial charge in [0.1, 0.15) is 0 Å². The van der Waals surface area contributed by atoms with E-state index in [-0.39, 0.29) is 5.91 Å². The predicted octanol–water partition coefficient (Wildman–Crippen LogP) is 3.72. The van der Waals surface area contributed by atoms with Crippen LogP contribution in [0.4, 0.5) is 17.3 Å². The molecular formula is C21H18N6O. The zero-order valence-corrected chi connectivity index (χ0v) is 15.0. The van der Waals surface area contributed by atoms with Crippen LogP contribution in [-0.4, -0.2) is 25.7 Å². The van der Waals surface area contributed by atoms with E-state index < -0.39 is 0 Å². The summed E-state index contributed by atoms with van der Waals surface area (Å²) >= 11 is 0. The molecule has 7 heteroatoms. The lowest BCUT2D eigenvalue weighted by Gasteiger charge is -2.06. The van der Waals surface area contributed by atoms with Gasteiger partial charge in [0.25, 0.3) is 5.91 Å². The molecule has 0 fully saturated rings. The molecule has 0 radical (unpaired) electrons. The van der Waals surface area contributed by atoms with E-state index in [2.05, 4.69) is 25.7 Å². The van der Waals surface area contributed by atoms with Gasteiger partial charge >= 0.3 is 0 Å². The van der Waals surface area contributed by atoms with E-state index in [1.807, 2.05) is 48.7 Å². The number of hydrogen-bond donors (Lipinski definition) is 2. The molecule has 4 rings (SSSR count). The standard InChI is InChI=1S/C21H18N6O/c28-20(17-7-9-18(10-8-17)26-21-22-11-4-12-23-21)25-19-13-24-27(15-19)14-16-5-2-1-3-6-16/h1-13,15H,14H2,(H,25,28)(H,22,23,26). The van der Waals surface area contributed by atoms with Crippen molar-refractivity contribution in [3.8, 4) is 0 Å². The molecule has 0 unspecified atom stereocenters. The SMILES string of the molecule is O=C(Nc1cnn(Cc2ccccc2)c1)c1ccc(Nc2ncccn2)cc1. The molecule has 28 heavy (non-hydrogen) atoms. The molecular weight excluding hydrogens is 352 g/mol. The van der Waals surface area contributed by atoms with Crippen LogP contribution in [0.15, 0.2) is 85.5 Å². The van der Waals surface area contributed by atoms with Crippen LogP contribution < -0.4 is 10.6 Å². The Morgan fingerprint density at radius 2 is 1.64 bits per heavy atom. The second kappa shape index (κ2) is 8.13. The Hall–Kier alpha value is -4.00. The number of anilines is 3. The fourth-order valence-corrected chi connectivity index (χ4v) is 2.69. The Kier molecular flexibility index (Phi) is 5.06. The summed E-state index contributed by atoms with van der Waals surface area (Å²) in [5.41, 5.74) is 3.16. The molecule has 2 N–H and O–H groups in total. The van der Waals surface area contributed by atoms with Crippen molar-refractivity contribution in [2.24, 2.45) is 0 Å². The summed E-state index contributed by atoms with van der Waals surface area (Å²) in [6.45, 7) is 0.651. The topological polar surface area (TPSA) is 84.7 Å². The summed E-state index contributed by atoms with van der Waals surface area (Å²) in [6, 6.07) is 18.9. The van der Waals surface area contributed by atoms with Crippen molar-refractivity contribution in [3.63, 3.8) is 0 Å². The normalized spacial score (nSPS) is 10.4. The molecule has 0 saturated carbocycles. The summed E-state index contributed by atoms with van der Waals surface area (Å²) < 4.78 is 1.79. The van der Waals surface area contributed by atoms with Gasteiger partial charge in [-0.1, -0.05) is 30.3 Å². The Morgan fingerprint density at radius 1 is 0.893 bits per heavy atom. The monoisotopic (exact) mass is 370 g/mol. The summed E-state index contributed by atoms with van der Waals surface area (Å²) in [4.78, 5) is 20.7. The van der Waals surface area contributed by atoms with Crippen LogP contribution in [0.3, 0.4) is 0 Å². The molecule has 0 saturated heterocycles. The summed E-state index contributed by atoms with van der Waals surface area (Å²) in [5.74, 6) is 0.312. The molecule has 1 amide bonds. The van der Waals surface area contributed by atoms with Gasteiger partial charge in [0.15, 0.2) is 0 Å². The highest BCUT2D eigenvalue weighted by molar-refractivity contribution is 6.04. The average molecular weight is 370 g/mol. The van der Waals surface area contributed by atoms with Gasteiger partial charge in [0, 0.05) is 29.8 Å². The van der Waals surface area contributed by atoms with Crippen molar-refractivity contribution in [2.75, 3.05) is 10.6 Å². The predicted molar refractivity (Wildman–Crippen MR) is 107 cm³/mol. The second-order valence-electron chi connectivity index (χ2n) is 6.14. The number of rotatable bonds is 6. The van der Waals surface area contributed by atoms with Crippen molar-refractivity contribution < 1.29 is 4.79 Å². The first-order valence-electron chi connectivity index (χ1n) is 8.78. The number of hydrogen-bond acceptors (Lipinski definition) is 5. The van der Waals surface area contributed by atoms with Gasteiger partial charge in [-0.05, 0) is 35.9 Å². The minimum absolute atomic E-state index is 0.193. The molecule has 0 atom stereocenters. The van der Waals surface area contributed by atoms with Crippen molar-refractivity contribution in [3.05, 3.63) is 96.6 Å². The molecule has 2 heterocycles. The lowest BCUT2D eigenvalue weighted by atomic mass is 10.2. The van der Waals surface area contributed by atoms with Crippen molar-refractivity contribution >= 4 is 23.2 Å². The van der Waals surface area contributed by atoms with Gasteiger partial charge in [-0.2, -0.15) is 5.10 Å². The van der Waals surface area contributed by atoms with Gasteiger partial charge in [-0.25, -0.2) is 9.97 Å². The smallest absolute Gasteiger partial charge is 0.255 e. The lowest BCUT2D eigenvalue weighted by Crippen LogP contribution is -2.11. The molecule has 0 aliphatic heterocycles. The number of aromatic nitrogens is 4. The number of nitrogens with one attached hydrogen (secondary N) is 2. The van der Waals surface area contributed by atoms with Crippen molar-refractivity contribution in [2.45, 2.75) is 6.54 Å². The number of amides is 1. The first-order chi connectivity index (χ1) is 13.8. The maximum absolute atomic E-state index is 12.5. The third kappa shape index (κ3) is 4.39. The number of carbonyl (C=O) groups is 1. The maximum Gasteiger partial charge on any atom is 0.255 e. The first kappa shape index (κ1) is 17.4. The number of benzene rings is 2. The molecule has 2 aromatic carbocycles. The largest absolute Gasteiger partial charge is 0.324 e. The zero-order valence-electron chi connectivity index (χ0n) is 15.0. The molecule has 7 nitrogen and oxygen atoms in total.